The van der Waals surface area contributed by atoms with Crippen molar-refractivity contribution >= 4 is 28.5 Å². The highest BCUT2D eigenvalue weighted by Crippen LogP contribution is 2.26. The van der Waals surface area contributed by atoms with Crippen LogP contribution in [-0.2, 0) is 4.74 Å². The number of nitrogen functional groups attached to an aromatic ring is 1. The van der Waals surface area contributed by atoms with E-state index in [2.05, 4.69) is 27.1 Å². The van der Waals surface area contributed by atoms with Crippen molar-refractivity contribution in [3.8, 4) is 11.3 Å². The molecular weight excluding hydrogens is 334 g/mol. The van der Waals surface area contributed by atoms with Gasteiger partial charge in [-0.05, 0) is 12.1 Å². The average molecular weight is 353 g/mol. The van der Waals surface area contributed by atoms with Crippen LogP contribution in [0.3, 0.4) is 0 Å². The molecule has 3 aromatic rings. The molecular formula is C18H19N5OS. The van der Waals surface area contributed by atoms with E-state index in [4.69, 9.17) is 10.5 Å². The number of nitrogens with two attached hydrogens (primary N) is 1. The molecule has 2 aromatic heterocycles. The number of hydrogen-bond acceptors (Lipinski definition) is 6. The molecule has 0 radical (unpaired) electrons. The molecule has 3 heterocycles. The topological polar surface area (TPSA) is 68.7 Å². The molecule has 1 saturated heterocycles. The smallest absolute Gasteiger partial charge is 0.221 e. The average Bonchev–Trinajstić information content (AvgIpc) is 3.28. The number of thiophene rings is 1. The molecule has 1 aliphatic rings. The van der Waals surface area contributed by atoms with E-state index in [0.717, 1.165) is 42.4 Å². The third kappa shape index (κ3) is 3.57. The quantitative estimate of drug-likeness (QED) is 0.732. The molecule has 1 aliphatic heterocycles. The Kier molecular flexibility index (Phi) is 4.49. The fourth-order valence-corrected chi connectivity index (χ4v) is 3.64. The van der Waals surface area contributed by atoms with Crippen LogP contribution < -0.4 is 10.6 Å². The Morgan fingerprint density at radius 1 is 1.12 bits per heavy atom. The molecule has 25 heavy (non-hydrogen) atoms. The zero-order valence-corrected chi connectivity index (χ0v) is 14.5. The maximum absolute atomic E-state index is 5.98. The molecule has 0 bridgehead atoms. The largest absolute Gasteiger partial charge is 0.378 e. The van der Waals surface area contributed by atoms with E-state index in [0.29, 0.717) is 5.95 Å². The van der Waals surface area contributed by atoms with Gasteiger partial charge < -0.3 is 15.4 Å². The van der Waals surface area contributed by atoms with Crippen LogP contribution in [0.25, 0.3) is 11.3 Å². The summed E-state index contributed by atoms with van der Waals surface area (Å²) in [5.41, 5.74) is 7.82. The lowest BCUT2D eigenvalue weighted by atomic mass is 10.2. The second kappa shape index (κ2) is 7.08. The summed E-state index contributed by atoms with van der Waals surface area (Å²) >= 11 is 1.71. The normalized spacial score (nSPS) is 15.1. The number of nitrogens with zero attached hydrogens (tertiary/aromatic N) is 4. The first-order valence-corrected chi connectivity index (χ1v) is 8.98. The van der Waals surface area contributed by atoms with Crippen LogP contribution in [0.5, 0.6) is 0 Å². The van der Waals surface area contributed by atoms with Gasteiger partial charge in [-0.25, -0.2) is 9.66 Å². The van der Waals surface area contributed by atoms with Crippen LogP contribution in [-0.4, -0.2) is 42.2 Å². The zero-order chi connectivity index (χ0) is 17.1. The first-order valence-electron chi connectivity index (χ1n) is 8.17. The molecule has 7 heteroatoms. The highest BCUT2D eigenvalue weighted by molar-refractivity contribution is 7.17. The Labute approximate surface area is 150 Å². The van der Waals surface area contributed by atoms with Crippen molar-refractivity contribution in [1.29, 1.82) is 0 Å². The number of ether oxygens (including phenoxy) is 1. The summed E-state index contributed by atoms with van der Waals surface area (Å²) in [5.74, 6) is 0.375. The van der Waals surface area contributed by atoms with Gasteiger partial charge in [-0.1, -0.05) is 30.3 Å². The van der Waals surface area contributed by atoms with Gasteiger partial charge in [-0.15, -0.1) is 11.3 Å². The first-order chi connectivity index (χ1) is 12.3. The van der Waals surface area contributed by atoms with E-state index in [-0.39, 0.29) is 0 Å². The van der Waals surface area contributed by atoms with Gasteiger partial charge in [0.1, 0.15) is 0 Å². The van der Waals surface area contributed by atoms with E-state index in [9.17, 15) is 0 Å². The number of aromatic nitrogens is 2. The van der Waals surface area contributed by atoms with Crippen LogP contribution in [0.15, 0.2) is 53.8 Å². The predicted octanol–water partition coefficient (Wildman–Crippen LogP) is 2.91. The molecule has 0 saturated carbocycles. The van der Waals surface area contributed by atoms with E-state index in [1.807, 2.05) is 42.7 Å². The first kappa shape index (κ1) is 15.9. The minimum atomic E-state index is 0.375. The summed E-state index contributed by atoms with van der Waals surface area (Å²) in [6.07, 6.45) is 3.67. The van der Waals surface area contributed by atoms with Crippen molar-refractivity contribution in [3.05, 3.63) is 53.5 Å². The number of anilines is 2. The number of imidazole rings is 1. The van der Waals surface area contributed by atoms with Crippen LogP contribution in [0.1, 0.15) is 4.88 Å². The summed E-state index contributed by atoms with van der Waals surface area (Å²) in [7, 11) is 0. The molecule has 0 spiro atoms. The number of hydrogen-bond donors (Lipinski definition) is 1. The summed E-state index contributed by atoms with van der Waals surface area (Å²) < 4.78 is 7.01. The lowest BCUT2D eigenvalue weighted by Crippen LogP contribution is -2.35. The minimum Gasteiger partial charge on any atom is -0.378 e. The summed E-state index contributed by atoms with van der Waals surface area (Å²) in [4.78, 5) is 7.80. The van der Waals surface area contributed by atoms with Crippen LogP contribution in [0.4, 0.5) is 10.9 Å². The Morgan fingerprint density at radius 3 is 2.72 bits per heavy atom. The SMILES string of the molecule is Nc1nc(-c2ccccc2)cn1/N=C/c1ccc(N2CCOCC2)s1. The summed E-state index contributed by atoms with van der Waals surface area (Å²) in [5, 5.41) is 5.70. The van der Waals surface area contributed by atoms with E-state index in [1.54, 1.807) is 16.0 Å². The van der Waals surface area contributed by atoms with Crippen molar-refractivity contribution in [3.63, 3.8) is 0 Å². The van der Waals surface area contributed by atoms with Gasteiger partial charge in [0.05, 0.1) is 36.3 Å². The van der Waals surface area contributed by atoms with Gasteiger partial charge in [-0.3, -0.25) is 0 Å². The maximum atomic E-state index is 5.98. The number of rotatable bonds is 4. The lowest BCUT2D eigenvalue weighted by Gasteiger charge is -2.27. The molecule has 2 N–H and O–H groups in total. The molecule has 1 aromatic carbocycles. The highest BCUT2D eigenvalue weighted by atomic mass is 32.1. The summed E-state index contributed by atoms with van der Waals surface area (Å²) in [6.45, 7) is 3.45. The van der Waals surface area contributed by atoms with E-state index >= 15 is 0 Å². The lowest BCUT2D eigenvalue weighted by molar-refractivity contribution is 0.123. The van der Waals surface area contributed by atoms with Gasteiger partial charge >= 0.3 is 0 Å². The predicted molar refractivity (Wildman–Crippen MR) is 102 cm³/mol. The summed E-state index contributed by atoms with van der Waals surface area (Å²) in [6, 6.07) is 14.1. The van der Waals surface area contributed by atoms with Crippen molar-refractivity contribution in [2.45, 2.75) is 0 Å². The van der Waals surface area contributed by atoms with Crippen LogP contribution in [0, 0.1) is 0 Å². The molecule has 0 atom stereocenters. The van der Waals surface area contributed by atoms with Gasteiger partial charge in [0, 0.05) is 23.5 Å². The number of benzene rings is 1. The minimum absolute atomic E-state index is 0.375. The Balaban J connectivity index is 1.50. The van der Waals surface area contributed by atoms with Crippen molar-refractivity contribution < 1.29 is 4.74 Å². The molecule has 128 valence electrons. The Bertz CT molecular complexity index is 865. The molecule has 0 unspecified atom stereocenters. The van der Waals surface area contributed by atoms with Gasteiger partial charge in [0.2, 0.25) is 5.95 Å². The van der Waals surface area contributed by atoms with Gasteiger partial charge in [0.25, 0.3) is 0 Å². The highest BCUT2D eigenvalue weighted by Gasteiger charge is 2.12. The Morgan fingerprint density at radius 2 is 1.92 bits per heavy atom. The third-order valence-corrected chi connectivity index (χ3v) is 5.11. The standard InChI is InChI=1S/C18H19N5OS/c19-18-21-16(14-4-2-1-3-5-14)13-23(18)20-12-15-6-7-17(25-15)22-8-10-24-11-9-22/h1-7,12-13H,8-11H2,(H2,19,21)/b20-12+. The van der Waals surface area contributed by atoms with Gasteiger partial charge in [0.15, 0.2) is 0 Å². The monoisotopic (exact) mass is 353 g/mol. The van der Waals surface area contributed by atoms with Crippen molar-refractivity contribution in [2.75, 3.05) is 36.9 Å². The van der Waals surface area contributed by atoms with Crippen LogP contribution >= 0.6 is 11.3 Å². The second-order valence-corrected chi connectivity index (χ2v) is 6.81. The third-order valence-electron chi connectivity index (χ3n) is 4.03. The Hall–Kier alpha value is -2.64. The molecule has 4 rings (SSSR count). The number of morpholine rings is 1. The molecule has 1 fully saturated rings. The van der Waals surface area contributed by atoms with E-state index < -0.39 is 0 Å². The molecule has 0 amide bonds. The van der Waals surface area contributed by atoms with E-state index in [1.165, 1.54) is 5.00 Å². The van der Waals surface area contributed by atoms with Crippen molar-refractivity contribution in [2.24, 2.45) is 5.10 Å². The molecule has 6 nitrogen and oxygen atoms in total. The van der Waals surface area contributed by atoms with Crippen LogP contribution in [0.2, 0.25) is 0 Å². The fraction of sp³-hybridized carbons (Fsp3) is 0.222. The second-order valence-electron chi connectivity index (χ2n) is 5.71. The zero-order valence-electron chi connectivity index (χ0n) is 13.7. The fourth-order valence-electron chi connectivity index (χ4n) is 2.71. The van der Waals surface area contributed by atoms with Gasteiger partial charge in [-0.2, -0.15) is 5.10 Å². The maximum Gasteiger partial charge on any atom is 0.221 e. The van der Waals surface area contributed by atoms with Crippen molar-refractivity contribution in [1.82, 2.24) is 9.66 Å². The molecule has 0 aliphatic carbocycles.